The molecule has 1 aromatic rings. The maximum Gasteiger partial charge on any atom is 0.196 e. The highest BCUT2D eigenvalue weighted by atomic mass is 16.3. The number of hydrogen-bond acceptors (Lipinski definition) is 5. The zero-order valence-corrected chi connectivity index (χ0v) is 9.04. The predicted molar refractivity (Wildman–Crippen MR) is 58.0 cm³/mol. The lowest BCUT2D eigenvalue weighted by Gasteiger charge is -2.19. The van der Waals surface area contributed by atoms with Crippen molar-refractivity contribution >= 4 is 5.78 Å². The van der Waals surface area contributed by atoms with Crippen LogP contribution >= 0.6 is 0 Å². The topological polar surface area (TPSA) is 66.3 Å². The summed E-state index contributed by atoms with van der Waals surface area (Å²) in [7, 11) is 0. The lowest BCUT2D eigenvalue weighted by Crippen LogP contribution is -2.34. The van der Waals surface area contributed by atoms with Gasteiger partial charge in [0, 0.05) is 25.0 Å². The Bertz CT molecular complexity index is 352. The monoisotopic (exact) mass is 221 g/mol. The van der Waals surface area contributed by atoms with Gasteiger partial charge < -0.3 is 5.11 Å². The molecule has 0 amide bonds. The predicted octanol–water partition coefficient (Wildman–Crippen LogP) is 0.116. The van der Waals surface area contributed by atoms with Gasteiger partial charge in [-0.25, -0.2) is 4.98 Å². The van der Waals surface area contributed by atoms with Gasteiger partial charge in [-0.05, 0) is 12.8 Å². The van der Waals surface area contributed by atoms with Gasteiger partial charge in [0.05, 0.1) is 19.3 Å². The third-order valence-electron chi connectivity index (χ3n) is 2.65. The second-order valence-electron chi connectivity index (χ2n) is 3.94. The van der Waals surface area contributed by atoms with Crippen molar-refractivity contribution in [3.63, 3.8) is 0 Å². The number of rotatable bonds is 6. The van der Waals surface area contributed by atoms with E-state index in [-0.39, 0.29) is 12.4 Å². The number of ketones is 1. The van der Waals surface area contributed by atoms with Crippen molar-refractivity contribution in [2.75, 3.05) is 19.7 Å². The second-order valence-corrected chi connectivity index (χ2v) is 3.94. The van der Waals surface area contributed by atoms with Crippen molar-refractivity contribution < 1.29 is 9.90 Å². The average Bonchev–Trinajstić information content (AvgIpc) is 3.13. The van der Waals surface area contributed by atoms with Crippen LogP contribution in [0.15, 0.2) is 18.6 Å². The van der Waals surface area contributed by atoms with Crippen LogP contribution in [-0.2, 0) is 0 Å². The minimum absolute atomic E-state index is 0.0338. The molecular weight excluding hydrogens is 206 g/mol. The first kappa shape index (κ1) is 11.2. The van der Waals surface area contributed by atoms with Crippen molar-refractivity contribution in [2.45, 2.75) is 18.9 Å². The number of aliphatic hydroxyl groups excluding tert-OH is 1. The van der Waals surface area contributed by atoms with Gasteiger partial charge in [-0.1, -0.05) is 0 Å². The molecule has 1 aliphatic carbocycles. The van der Waals surface area contributed by atoms with Crippen LogP contribution in [0.1, 0.15) is 23.3 Å². The molecule has 5 heteroatoms. The summed E-state index contributed by atoms with van der Waals surface area (Å²) in [4.78, 5) is 21.7. The van der Waals surface area contributed by atoms with Gasteiger partial charge in [0.1, 0.15) is 5.69 Å². The quantitative estimate of drug-likeness (QED) is 0.691. The van der Waals surface area contributed by atoms with E-state index in [2.05, 4.69) is 9.97 Å². The fourth-order valence-corrected chi connectivity index (χ4v) is 1.67. The molecule has 1 saturated carbocycles. The smallest absolute Gasteiger partial charge is 0.196 e. The summed E-state index contributed by atoms with van der Waals surface area (Å²) in [6.07, 6.45) is 6.78. The standard InChI is InChI=1S/C11H15N3O2/c15-6-5-14(9-1-2-9)8-11(16)10-7-12-3-4-13-10/h3-4,7,9,15H,1-2,5-6,8H2. The van der Waals surface area contributed by atoms with E-state index in [9.17, 15) is 4.79 Å². The molecule has 0 bridgehead atoms. The van der Waals surface area contributed by atoms with Crippen molar-refractivity contribution in [3.8, 4) is 0 Å². The third-order valence-corrected chi connectivity index (χ3v) is 2.65. The minimum atomic E-state index is -0.0338. The highest BCUT2D eigenvalue weighted by molar-refractivity contribution is 5.95. The number of aliphatic hydroxyl groups is 1. The van der Waals surface area contributed by atoms with Crippen molar-refractivity contribution in [1.29, 1.82) is 0 Å². The number of nitrogens with zero attached hydrogens (tertiary/aromatic N) is 3. The molecule has 0 spiro atoms. The van der Waals surface area contributed by atoms with Crippen LogP contribution in [0.4, 0.5) is 0 Å². The number of Topliss-reactive ketones (excluding diaryl/α,β-unsaturated/α-hetero) is 1. The SMILES string of the molecule is O=C(CN(CCO)C1CC1)c1cnccn1. The third kappa shape index (κ3) is 2.84. The minimum Gasteiger partial charge on any atom is -0.395 e. The maximum atomic E-state index is 11.8. The molecule has 16 heavy (non-hydrogen) atoms. The van der Waals surface area contributed by atoms with E-state index in [0.29, 0.717) is 24.8 Å². The van der Waals surface area contributed by atoms with Crippen LogP contribution in [0, 0.1) is 0 Å². The van der Waals surface area contributed by atoms with Crippen LogP contribution in [-0.4, -0.2) is 51.5 Å². The van der Waals surface area contributed by atoms with E-state index in [1.807, 2.05) is 4.90 Å². The average molecular weight is 221 g/mol. The van der Waals surface area contributed by atoms with Gasteiger partial charge in [0.25, 0.3) is 0 Å². The van der Waals surface area contributed by atoms with Crippen molar-refractivity contribution in [1.82, 2.24) is 14.9 Å². The molecule has 1 aromatic heterocycles. The van der Waals surface area contributed by atoms with Crippen LogP contribution in [0.3, 0.4) is 0 Å². The first-order chi connectivity index (χ1) is 7.81. The summed E-state index contributed by atoms with van der Waals surface area (Å²) in [6.45, 7) is 0.963. The van der Waals surface area contributed by atoms with E-state index in [4.69, 9.17) is 5.11 Å². The molecule has 86 valence electrons. The Kier molecular flexibility index (Phi) is 3.58. The van der Waals surface area contributed by atoms with Crippen LogP contribution in [0.5, 0.6) is 0 Å². The summed E-state index contributed by atoms with van der Waals surface area (Å²) in [6, 6.07) is 0.466. The first-order valence-corrected chi connectivity index (χ1v) is 5.45. The summed E-state index contributed by atoms with van der Waals surface area (Å²) in [5.41, 5.74) is 0.395. The lowest BCUT2D eigenvalue weighted by molar-refractivity contribution is 0.0902. The Labute approximate surface area is 94.1 Å². The molecule has 5 nitrogen and oxygen atoms in total. The van der Waals surface area contributed by atoms with E-state index >= 15 is 0 Å². The molecule has 0 unspecified atom stereocenters. The largest absolute Gasteiger partial charge is 0.395 e. The van der Waals surface area contributed by atoms with Crippen LogP contribution < -0.4 is 0 Å². The van der Waals surface area contributed by atoms with Gasteiger partial charge in [0.15, 0.2) is 5.78 Å². The summed E-state index contributed by atoms with van der Waals surface area (Å²) < 4.78 is 0. The van der Waals surface area contributed by atoms with Gasteiger partial charge in [0.2, 0.25) is 0 Å². The van der Waals surface area contributed by atoms with Gasteiger partial charge in [-0.2, -0.15) is 0 Å². The Balaban J connectivity index is 1.95. The Hall–Kier alpha value is -1.33. The zero-order chi connectivity index (χ0) is 11.4. The van der Waals surface area contributed by atoms with Crippen LogP contribution in [0.25, 0.3) is 0 Å². The molecule has 1 aliphatic rings. The highest BCUT2D eigenvalue weighted by Crippen LogP contribution is 2.26. The Morgan fingerprint density at radius 3 is 2.88 bits per heavy atom. The first-order valence-electron chi connectivity index (χ1n) is 5.45. The van der Waals surface area contributed by atoms with E-state index < -0.39 is 0 Å². The van der Waals surface area contributed by atoms with Gasteiger partial charge in [-0.15, -0.1) is 0 Å². The molecule has 0 atom stereocenters. The van der Waals surface area contributed by atoms with E-state index in [1.165, 1.54) is 12.4 Å². The Morgan fingerprint density at radius 2 is 2.31 bits per heavy atom. The molecule has 0 aliphatic heterocycles. The molecule has 1 heterocycles. The van der Waals surface area contributed by atoms with Crippen molar-refractivity contribution in [3.05, 3.63) is 24.3 Å². The normalized spacial score (nSPS) is 15.4. The number of hydrogen-bond donors (Lipinski definition) is 1. The summed E-state index contributed by atoms with van der Waals surface area (Å²) in [5.74, 6) is -0.0338. The molecule has 1 fully saturated rings. The lowest BCUT2D eigenvalue weighted by atomic mass is 10.2. The second kappa shape index (κ2) is 5.14. The maximum absolute atomic E-state index is 11.8. The summed E-state index contributed by atoms with van der Waals surface area (Å²) >= 11 is 0. The molecule has 0 saturated heterocycles. The Morgan fingerprint density at radius 1 is 1.50 bits per heavy atom. The van der Waals surface area contributed by atoms with Crippen molar-refractivity contribution in [2.24, 2.45) is 0 Å². The van der Waals surface area contributed by atoms with E-state index in [0.717, 1.165) is 12.8 Å². The fourth-order valence-electron chi connectivity index (χ4n) is 1.67. The van der Waals surface area contributed by atoms with Gasteiger partial charge >= 0.3 is 0 Å². The fraction of sp³-hybridized carbons (Fsp3) is 0.545. The molecule has 1 N–H and O–H groups in total. The number of carbonyl (C=O) groups excluding carboxylic acids is 1. The molecular formula is C11H15N3O2. The molecule has 2 rings (SSSR count). The highest BCUT2D eigenvalue weighted by Gasteiger charge is 2.30. The van der Waals surface area contributed by atoms with Gasteiger partial charge in [-0.3, -0.25) is 14.7 Å². The number of aromatic nitrogens is 2. The zero-order valence-electron chi connectivity index (χ0n) is 9.04. The summed E-state index contributed by atoms with van der Waals surface area (Å²) in [5, 5.41) is 8.92. The number of carbonyl (C=O) groups is 1. The molecule has 0 aromatic carbocycles. The van der Waals surface area contributed by atoms with Crippen LogP contribution in [0.2, 0.25) is 0 Å². The van der Waals surface area contributed by atoms with E-state index in [1.54, 1.807) is 6.20 Å². The molecule has 0 radical (unpaired) electrons.